The summed E-state index contributed by atoms with van der Waals surface area (Å²) >= 11 is 0. The van der Waals surface area contributed by atoms with Crippen molar-refractivity contribution in [2.75, 3.05) is 0 Å². The van der Waals surface area contributed by atoms with Gasteiger partial charge in [-0.25, -0.2) is 8.42 Å². The van der Waals surface area contributed by atoms with Crippen LogP contribution in [0, 0.1) is 0 Å². The fourth-order valence-corrected chi connectivity index (χ4v) is 4.55. The summed E-state index contributed by atoms with van der Waals surface area (Å²) in [5.41, 5.74) is 0.669. The van der Waals surface area contributed by atoms with Gasteiger partial charge in [0.2, 0.25) is 0 Å². The molecule has 5 heteroatoms. The molecule has 0 saturated heterocycles. The quantitative estimate of drug-likeness (QED) is 0.142. The van der Waals surface area contributed by atoms with Gasteiger partial charge in [-0.05, 0) is 24.5 Å². The molecule has 0 spiro atoms. The van der Waals surface area contributed by atoms with E-state index in [4.69, 9.17) is 0 Å². The van der Waals surface area contributed by atoms with Crippen LogP contribution in [0.3, 0.4) is 0 Å². The van der Waals surface area contributed by atoms with Crippen LogP contribution in [0.4, 0.5) is 0 Å². The van der Waals surface area contributed by atoms with Gasteiger partial charge in [0, 0.05) is 0 Å². The molecule has 0 N–H and O–H groups in total. The Morgan fingerprint density at radius 2 is 1.03 bits per heavy atom. The van der Waals surface area contributed by atoms with Crippen molar-refractivity contribution in [1.29, 1.82) is 0 Å². The second-order valence-electron chi connectivity index (χ2n) is 8.12. The van der Waals surface area contributed by atoms with Crippen LogP contribution in [0.25, 0.3) is 0 Å². The SMILES string of the molecule is CCCCCCCCCCCCCCCCCCc1ccccc1S(=O)(=O)[O-].[Mg+2]. The number of hydrogen-bond donors (Lipinski definition) is 0. The summed E-state index contributed by atoms with van der Waals surface area (Å²) in [5.74, 6) is 0. The molecule has 0 bridgehead atoms. The third-order valence-electron chi connectivity index (χ3n) is 5.54. The van der Waals surface area contributed by atoms with Gasteiger partial charge >= 0.3 is 23.1 Å². The molecule has 0 aliphatic carbocycles. The van der Waals surface area contributed by atoms with Crippen LogP contribution in [-0.2, 0) is 16.5 Å². The van der Waals surface area contributed by atoms with E-state index in [0.29, 0.717) is 12.0 Å². The maximum atomic E-state index is 11.3. The van der Waals surface area contributed by atoms with Crippen molar-refractivity contribution in [3.63, 3.8) is 0 Å². The number of benzene rings is 1. The van der Waals surface area contributed by atoms with Gasteiger partial charge in [0.15, 0.2) is 0 Å². The second kappa shape index (κ2) is 18.6. The molecule has 0 atom stereocenters. The molecule has 1 aromatic carbocycles. The van der Waals surface area contributed by atoms with Crippen molar-refractivity contribution in [1.82, 2.24) is 0 Å². The van der Waals surface area contributed by atoms with Crippen LogP contribution in [0.15, 0.2) is 29.2 Å². The standard InChI is InChI=1S/C24H42O3S.Mg/c1-2-3-4-5-6-7-8-9-10-11-12-13-14-15-16-17-20-23-21-18-19-22-24(23)28(25,26)27;/h18-19,21-22H,2-17,20H2,1H3,(H,25,26,27);/q;+2/p-1. The first kappa shape index (κ1) is 28.9. The van der Waals surface area contributed by atoms with Crippen molar-refractivity contribution in [2.45, 2.75) is 121 Å². The Morgan fingerprint density at radius 1 is 0.655 bits per heavy atom. The second-order valence-corrected chi connectivity index (χ2v) is 9.46. The fourth-order valence-electron chi connectivity index (χ4n) is 3.82. The monoisotopic (exact) mass is 433 g/mol. The molecule has 162 valence electrons. The summed E-state index contributed by atoms with van der Waals surface area (Å²) < 4.78 is 33.8. The van der Waals surface area contributed by atoms with Crippen LogP contribution < -0.4 is 0 Å². The van der Waals surface area contributed by atoms with E-state index in [1.54, 1.807) is 18.2 Å². The minimum atomic E-state index is -4.36. The van der Waals surface area contributed by atoms with E-state index in [9.17, 15) is 13.0 Å². The molecule has 0 aromatic heterocycles. The molecule has 0 unspecified atom stereocenters. The Morgan fingerprint density at radius 3 is 1.45 bits per heavy atom. The molecule has 1 aromatic rings. The maximum Gasteiger partial charge on any atom is 2.00 e. The molecular formula is C24H41MgO3S+. The molecule has 3 nitrogen and oxygen atoms in total. The molecule has 0 fully saturated rings. The number of aryl methyl sites for hydroxylation is 1. The first-order chi connectivity index (χ1) is 13.6. The van der Waals surface area contributed by atoms with E-state index in [1.165, 1.54) is 96.0 Å². The van der Waals surface area contributed by atoms with Crippen LogP contribution >= 0.6 is 0 Å². The van der Waals surface area contributed by atoms with Gasteiger partial charge in [0.1, 0.15) is 10.1 Å². The van der Waals surface area contributed by atoms with E-state index in [2.05, 4.69) is 6.92 Å². The Balaban J connectivity index is 0.00000784. The largest absolute Gasteiger partial charge is 2.00 e. The van der Waals surface area contributed by atoms with E-state index >= 15 is 0 Å². The molecular weight excluding hydrogens is 393 g/mol. The average molecular weight is 434 g/mol. The number of unbranched alkanes of at least 4 members (excludes halogenated alkanes) is 15. The summed E-state index contributed by atoms with van der Waals surface area (Å²) in [6, 6.07) is 6.60. The Labute approximate surface area is 196 Å². The third kappa shape index (κ3) is 15.4. The van der Waals surface area contributed by atoms with E-state index in [0.717, 1.165) is 12.8 Å². The molecule has 0 aliphatic rings. The van der Waals surface area contributed by atoms with Crippen LogP contribution in [0.1, 0.15) is 115 Å². The smallest absolute Gasteiger partial charge is 0.744 e. The summed E-state index contributed by atoms with van der Waals surface area (Å²) in [5, 5.41) is 0. The van der Waals surface area contributed by atoms with Gasteiger partial charge in [-0.15, -0.1) is 0 Å². The van der Waals surface area contributed by atoms with Gasteiger partial charge in [-0.1, -0.05) is 121 Å². The predicted molar refractivity (Wildman–Crippen MR) is 123 cm³/mol. The van der Waals surface area contributed by atoms with Gasteiger partial charge < -0.3 is 4.55 Å². The van der Waals surface area contributed by atoms with E-state index < -0.39 is 10.1 Å². The predicted octanol–water partition coefficient (Wildman–Crippen LogP) is 7.01. The topological polar surface area (TPSA) is 57.2 Å². The van der Waals surface area contributed by atoms with Crippen molar-refractivity contribution in [3.8, 4) is 0 Å². The summed E-state index contributed by atoms with van der Waals surface area (Å²) in [6.45, 7) is 2.27. The molecule has 0 aliphatic heterocycles. The molecule has 29 heavy (non-hydrogen) atoms. The zero-order valence-corrected chi connectivity index (χ0v) is 20.9. The van der Waals surface area contributed by atoms with Crippen LogP contribution in [0.5, 0.6) is 0 Å². The zero-order chi connectivity index (χ0) is 20.5. The summed E-state index contributed by atoms with van der Waals surface area (Å²) in [6.07, 6.45) is 21.8. The summed E-state index contributed by atoms with van der Waals surface area (Å²) in [7, 11) is -4.36. The maximum absolute atomic E-state index is 11.3. The fraction of sp³-hybridized carbons (Fsp3) is 0.750. The van der Waals surface area contributed by atoms with Gasteiger partial charge in [-0.2, -0.15) is 0 Å². The Hall–Kier alpha value is -0.104. The summed E-state index contributed by atoms with van der Waals surface area (Å²) in [4.78, 5) is -0.0454. The molecule has 0 radical (unpaired) electrons. The Bertz CT molecular complexity index is 602. The normalized spacial score (nSPS) is 11.4. The molecule has 0 amide bonds. The Kier molecular flexibility index (Phi) is 18.6. The van der Waals surface area contributed by atoms with E-state index in [-0.39, 0.29) is 27.9 Å². The number of rotatable bonds is 18. The first-order valence-electron chi connectivity index (χ1n) is 11.6. The minimum absolute atomic E-state index is 0. The number of hydrogen-bond acceptors (Lipinski definition) is 3. The molecule has 0 saturated carbocycles. The molecule has 1 rings (SSSR count). The minimum Gasteiger partial charge on any atom is -0.744 e. The van der Waals surface area contributed by atoms with E-state index in [1.807, 2.05) is 0 Å². The van der Waals surface area contributed by atoms with Crippen molar-refractivity contribution < 1.29 is 13.0 Å². The average Bonchev–Trinajstić information content (AvgIpc) is 2.67. The van der Waals surface area contributed by atoms with Crippen molar-refractivity contribution >= 4 is 33.2 Å². The van der Waals surface area contributed by atoms with Crippen molar-refractivity contribution in [3.05, 3.63) is 29.8 Å². The third-order valence-corrected chi connectivity index (χ3v) is 6.48. The van der Waals surface area contributed by atoms with Crippen LogP contribution in [-0.4, -0.2) is 36.0 Å². The van der Waals surface area contributed by atoms with Gasteiger partial charge in [0.05, 0.1) is 4.90 Å². The van der Waals surface area contributed by atoms with Gasteiger partial charge in [-0.3, -0.25) is 0 Å². The van der Waals surface area contributed by atoms with Crippen molar-refractivity contribution in [2.24, 2.45) is 0 Å². The van der Waals surface area contributed by atoms with Crippen LogP contribution in [0.2, 0.25) is 0 Å². The zero-order valence-electron chi connectivity index (χ0n) is 18.7. The first-order valence-corrected chi connectivity index (χ1v) is 13.0. The van der Waals surface area contributed by atoms with Gasteiger partial charge in [0.25, 0.3) is 0 Å². The molecule has 0 heterocycles.